The first kappa shape index (κ1) is 38.0. The molecule has 12 heteroatoms. The van der Waals surface area contributed by atoms with E-state index in [1.165, 1.54) is 0 Å². The van der Waals surface area contributed by atoms with E-state index in [2.05, 4.69) is 13.5 Å². The number of aliphatic hydroxyl groups is 4. The molecule has 3 aliphatic heterocycles. The zero-order valence-electron chi connectivity index (χ0n) is 32.8. The Morgan fingerprint density at radius 2 is 1.53 bits per heavy atom. The number of carbonyl (C=O) groups excluding carboxylic acids is 2. The van der Waals surface area contributed by atoms with Gasteiger partial charge in [-0.05, 0) is 67.4 Å². The Balaban J connectivity index is 1.21. The van der Waals surface area contributed by atoms with Crippen molar-refractivity contribution in [2.24, 2.45) is 40.9 Å². The molecular weight excluding hydrogens is 732 g/mol. The Morgan fingerprint density at radius 3 is 2.18 bits per heavy atom. The SMILES string of the molecule is C=C(C)[C@]12C[C@@H]3[C@@]45OC6(O[C@@H]1[C@@H]4C1O[C@]1(CO)[C@@H](O)[C@@]1(O)[C@H]5[C@@H](C(C)CCCCCC[C@H](O)[C@]36COC(=O)c3ccccc3)C(C)[C@@H]1OC(=O)c1ccccc1)O2. The van der Waals surface area contributed by atoms with Crippen LogP contribution in [0.25, 0.3) is 0 Å². The van der Waals surface area contributed by atoms with Crippen LogP contribution in [0.15, 0.2) is 72.8 Å². The summed E-state index contributed by atoms with van der Waals surface area (Å²) in [5.74, 6) is -6.56. The van der Waals surface area contributed by atoms with E-state index in [0.29, 0.717) is 29.5 Å². The summed E-state index contributed by atoms with van der Waals surface area (Å²) >= 11 is 0. The molecule has 12 nitrogen and oxygen atoms in total. The molecule has 2 bridgehead atoms. The third-order valence-electron chi connectivity index (χ3n) is 16.2. The number of rotatable bonds is 7. The average molecular weight is 787 g/mol. The number of epoxide rings is 1. The zero-order valence-corrected chi connectivity index (χ0v) is 32.8. The standard InChI is InChI=1S/C45H54O12/c1-24(2)41-21-29-40(23-52-37(48)27-16-10-7-11-17-27)30(47)20-14-6-5-9-15-25(3)31-26(4)34(53-38(49)28-18-12-8-13-19-28)43(51)33(31)44(29)32(35(41)55-45(40,56-41)57-44)36-42(22-46,54-36)39(43)50/h7-8,10-13,16-19,25-26,29-36,39,46-47,50-51H,1,5-6,9,14-15,20-23H2,2-4H3/t25?,26?,29-,30-,31-,32+,33+,34-,35+,36?,39+,40-,41+,42-,43+,44+,45?/m0/s1. The molecule has 2 aromatic carbocycles. The first-order valence-corrected chi connectivity index (χ1v) is 20.9. The highest BCUT2D eigenvalue weighted by Crippen LogP contribution is 2.83. The molecule has 57 heavy (non-hydrogen) atoms. The number of fused-ring (bicyclic) bond motifs is 5. The summed E-state index contributed by atoms with van der Waals surface area (Å²) in [6, 6.07) is 17.2. The van der Waals surface area contributed by atoms with Crippen molar-refractivity contribution in [2.45, 2.75) is 125 Å². The lowest BCUT2D eigenvalue weighted by atomic mass is 9.47. The lowest BCUT2D eigenvalue weighted by molar-refractivity contribution is -0.432. The fourth-order valence-corrected chi connectivity index (χ4v) is 13.7. The van der Waals surface area contributed by atoms with Crippen LogP contribution < -0.4 is 0 Å². The van der Waals surface area contributed by atoms with Crippen molar-refractivity contribution in [3.05, 3.63) is 83.9 Å². The maximum absolute atomic E-state index is 14.0. The number of hydrogen-bond donors (Lipinski definition) is 4. The van der Waals surface area contributed by atoms with Crippen LogP contribution in [0.4, 0.5) is 0 Å². The van der Waals surface area contributed by atoms with E-state index < -0.39 is 112 Å². The van der Waals surface area contributed by atoms with Crippen LogP contribution in [-0.2, 0) is 28.4 Å². The molecular formula is C45H54O12. The minimum absolute atomic E-state index is 0.0527. The molecule has 7 aliphatic rings. The van der Waals surface area contributed by atoms with Crippen molar-refractivity contribution in [1.82, 2.24) is 0 Å². The van der Waals surface area contributed by atoms with Gasteiger partial charge in [0.1, 0.15) is 53.2 Å². The summed E-state index contributed by atoms with van der Waals surface area (Å²) in [7, 11) is 0. The predicted octanol–water partition coefficient (Wildman–Crippen LogP) is 4.33. The van der Waals surface area contributed by atoms with Crippen molar-refractivity contribution >= 4 is 11.9 Å². The van der Waals surface area contributed by atoms with Crippen LogP contribution in [0.3, 0.4) is 0 Å². The van der Waals surface area contributed by atoms with Gasteiger partial charge in [0.25, 0.3) is 5.97 Å². The van der Waals surface area contributed by atoms with Crippen molar-refractivity contribution in [3.63, 3.8) is 0 Å². The summed E-state index contributed by atoms with van der Waals surface area (Å²) in [6.45, 7) is 9.42. The van der Waals surface area contributed by atoms with Crippen LogP contribution in [-0.4, -0.2) is 104 Å². The summed E-state index contributed by atoms with van der Waals surface area (Å²) in [4.78, 5) is 27.8. The molecule has 4 saturated carbocycles. The number of aliphatic hydroxyl groups excluding tert-OH is 3. The summed E-state index contributed by atoms with van der Waals surface area (Å²) in [5.41, 5.74) is -6.68. The Hall–Kier alpha value is -3.20. The number of carbonyl (C=O) groups is 2. The molecule has 4 aliphatic carbocycles. The second-order valence-electron chi connectivity index (χ2n) is 18.6. The maximum Gasteiger partial charge on any atom is 0.338 e. The van der Waals surface area contributed by atoms with E-state index in [-0.39, 0.29) is 18.9 Å². The largest absolute Gasteiger partial charge is 0.461 e. The second kappa shape index (κ2) is 12.7. The van der Waals surface area contributed by atoms with Gasteiger partial charge >= 0.3 is 11.9 Å². The molecule has 4 unspecified atom stereocenters. The maximum atomic E-state index is 14.0. The fourth-order valence-electron chi connectivity index (χ4n) is 13.7. The molecule has 0 amide bonds. The van der Waals surface area contributed by atoms with E-state index in [4.69, 9.17) is 28.4 Å². The van der Waals surface area contributed by atoms with Gasteiger partial charge < -0.3 is 48.8 Å². The van der Waals surface area contributed by atoms with Gasteiger partial charge in [-0.25, -0.2) is 9.59 Å². The van der Waals surface area contributed by atoms with Gasteiger partial charge in [0.15, 0.2) is 0 Å². The van der Waals surface area contributed by atoms with Gasteiger partial charge in [0.2, 0.25) is 0 Å². The van der Waals surface area contributed by atoms with Crippen molar-refractivity contribution in [1.29, 1.82) is 0 Å². The number of hydrogen-bond acceptors (Lipinski definition) is 12. The third kappa shape index (κ3) is 4.56. The van der Waals surface area contributed by atoms with Crippen molar-refractivity contribution in [2.75, 3.05) is 13.2 Å². The number of ether oxygens (including phenoxy) is 6. The molecule has 3 heterocycles. The highest BCUT2D eigenvalue weighted by molar-refractivity contribution is 5.90. The van der Waals surface area contributed by atoms with Crippen LogP contribution in [0.5, 0.6) is 0 Å². The monoisotopic (exact) mass is 786 g/mol. The van der Waals surface area contributed by atoms with E-state index in [1.807, 2.05) is 19.9 Å². The first-order valence-electron chi connectivity index (χ1n) is 20.9. The predicted molar refractivity (Wildman–Crippen MR) is 201 cm³/mol. The normalized spacial score (nSPS) is 49.8. The van der Waals surface area contributed by atoms with Gasteiger partial charge in [-0.15, -0.1) is 0 Å². The van der Waals surface area contributed by atoms with Crippen molar-refractivity contribution < 1.29 is 58.4 Å². The summed E-state index contributed by atoms with van der Waals surface area (Å²) in [6.07, 6.45) is -1.06. The lowest BCUT2D eigenvalue weighted by Gasteiger charge is -2.59. The zero-order chi connectivity index (χ0) is 39.9. The molecule has 306 valence electrons. The van der Waals surface area contributed by atoms with E-state index in [0.717, 1.165) is 25.7 Å². The Kier molecular flexibility index (Phi) is 8.44. The Morgan fingerprint density at radius 1 is 0.877 bits per heavy atom. The minimum Gasteiger partial charge on any atom is -0.461 e. The highest BCUT2D eigenvalue weighted by atomic mass is 16.9. The minimum atomic E-state index is -2.23. The van der Waals surface area contributed by atoms with Crippen LogP contribution in [0, 0.1) is 40.9 Å². The Bertz CT molecular complexity index is 1960. The van der Waals surface area contributed by atoms with Gasteiger partial charge in [-0.2, -0.15) is 0 Å². The van der Waals surface area contributed by atoms with Gasteiger partial charge in [0.05, 0.1) is 29.4 Å². The van der Waals surface area contributed by atoms with E-state index >= 15 is 0 Å². The molecule has 3 saturated heterocycles. The molecule has 2 aromatic rings. The van der Waals surface area contributed by atoms with E-state index in [9.17, 15) is 30.0 Å². The summed E-state index contributed by atoms with van der Waals surface area (Å²) < 4.78 is 41.0. The molecule has 4 N–H and O–H groups in total. The summed E-state index contributed by atoms with van der Waals surface area (Å²) in [5, 5.41) is 50.8. The van der Waals surface area contributed by atoms with Crippen molar-refractivity contribution in [3.8, 4) is 0 Å². The van der Waals surface area contributed by atoms with Gasteiger partial charge in [-0.3, -0.25) is 0 Å². The molecule has 0 aromatic heterocycles. The smallest absolute Gasteiger partial charge is 0.338 e. The third-order valence-corrected chi connectivity index (χ3v) is 16.2. The number of esters is 2. The molecule has 0 radical (unpaired) electrons. The number of benzene rings is 2. The van der Waals surface area contributed by atoms with Crippen LogP contribution in [0.2, 0.25) is 0 Å². The highest BCUT2D eigenvalue weighted by Gasteiger charge is 2.98. The molecule has 17 atom stereocenters. The van der Waals surface area contributed by atoms with Crippen LogP contribution >= 0.6 is 0 Å². The van der Waals surface area contributed by atoms with E-state index in [1.54, 1.807) is 54.6 Å². The first-order chi connectivity index (χ1) is 27.3. The fraction of sp³-hybridized carbons (Fsp3) is 0.644. The van der Waals surface area contributed by atoms with Gasteiger partial charge in [0, 0.05) is 17.8 Å². The van der Waals surface area contributed by atoms with Gasteiger partial charge in [-0.1, -0.05) is 88.9 Å². The average Bonchev–Trinajstić information content (AvgIpc) is 3.82. The lowest BCUT2D eigenvalue weighted by Crippen LogP contribution is -2.72. The molecule has 2 spiro atoms. The quantitative estimate of drug-likeness (QED) is 0.178. The Labute approximate surface area is 332 Å². The molecule has 9 rings (SSSR count). The molecule has 7 fully saturated rings. The van der Waals surface area contributed by atoms with Crippen LogP contribution in [0.1, 0.15) is 86.4 Å². The topological polar surface area (TPSA) is 174 Å². The second-order valence-corrected chi connectivity index (χ2v) is 18.6.